The Morgan fingerprint density at radius 2 is 1.81 bits per heavy atom. The monoisotopic (exact) mass is 286 g/mol. The number of carbonyl (C=O) groups is 1. The topological polar surface area (TPSA) is 41.6 Å². The van der Waals surface area contributed by atoms with Crippen LogP contribution in [0, 0.1) is 17.8 Å². The molecule has 1 saturated carbocycles. The second kappa shape index (κ2) is 5.02. The zero-order valence-corrected chi connectivity index (χ0v) is 12.4. The third-order valence-corrected chi connectivity index (χ3v) is 5.44. The van der Waals surface area contributed by atoms with Crippen LogP contribution in [0.4, 0.5) is 0 Å². The van der Waals surface area contributed by atoms with Crippen molar-refractivity contribution in [1.82, 2.24) is 10.2 Å². The van der Waals surface area contributed by atoms with E-state index in [4.69, 9.17) is 4.74 Å². The molecule has 3 aliphatic heterocycles. The first-order valence-corrected chi connectivity index (χ1v) is 7.90. The fourth-order valence-corrected chi connectivity index (χ4v) is 4.62. The molecule has 112 valence electrons. The maximum Gasteiger partial charge on any atom is 0.251 e. The van der Waals surface area contributed by atoms with Crippen LogP contribution in [-0.2, 0) is 0 Å². The molecule has 1 aromatic carbocycles. The van der Waals surface area contributed by atoms with Crippen LogP contribution in [0.2, 0.25) is 0 Å². The molecule has 4 bridgehead atoms. The van der Waals surface area contributed by atoms with Crippen LogP contribution in [0.15, 0.2) is 24.3 Å². The second-order valence-corrected chi connectivity index (χ2v) is 6.80. The molecule has 3 saturated heterocycles. The molecule has 21 heavy (non-hydrogen) atoms. The van der Waals surface area contributed by atoms with E-state index in [2.05, 4.69) is 10.2 Å². The minimum absolute atomic E-state index is 0.0603. The summed E-state index contributed by atoms with van der Waals surface area (Å²) in [5, 5.41) is 3.31. The Balaban J connectivity index is 1.46. The van der Waals surface area contributed by atoms with Crippen molar-refractivity contribution in [3.63, 3.8) is 0 Å². The van der Waals surface area contributed by atoms with Crippen molar-refractivity contribution in [2.24, 2.45) is 17.8 Å². The maximum absolute atomic E-state index is 12.5. The van der Waals surface area contributed by atoms with Crippen molar-refractivity contribution < 1.29 is 9.53 Å². The number of nitrogens with one attached hydrogen (secondary N) is 1. The van der Waals surface area contributed by atoms with Crippen LogP contribution in [-0.4, -0.2) is 43.6 Å². The van der Waals surface area contributed by atoms with Crippen molar-refractivity contribution in [1.29, 1.82) is 0 Å². The highest BCUT2D eigenvalue weighted by molar-refractivity contribution is 5.94. The number of amides is 1. The molecule has 0 spiro atoms. The molecule has 4 heteroatoms. The number of hydrogen-bond acceptors (Lipinski definition) is 3. The van der Waals surface area contributed by atoms with E-state index in [0.717, 1.165) is 17.2 Å². The lowest BCUT2D eigenvalue weighted by atomic mass is 9.65. The van der Waals surface area contributed by atoms with Crippen LogP contribution >= 0.6 is 0 Å². The lowest BCUT2D eigenvalue weighted by molar-refractivity contribution is -0.0418. The molecule has 1 aromatic rings. The van der Waals surface area contributed by atoms with Crippen molar-refractivity contribution in [2.75, 3.05) is 26.7 Å². The van der Waals surface area contributed by atoms with Gasteiger partial charge in [-0.1, -0.05) is 0 Å². The van der Waals surface area contributed by atoms with Crippen LogP contribution in [0.1, 0.15) is 23.2 Å². The van der Waals surface area contributed by atoms with Gasteiger partial charge in [0.1, 0.15) is 5.75 Å². The molecule has 2 atom stereocenters. The van der Waals surface area contributed by atoms with Gasteiger partial charge >= 0.3 is 0 Å². The number of methoxy groups -OCH3 is 1. The third kappa shape index (κ3) is 2.31. The lowest BCUT2D eigenvalue weighted by Crippen LogP contribution is -2.64. The molecular weight excluding hydrogens is 264 g/mol. The van der Waals surface area contributed by atoms with Crippen LogP contribution < -0.4 is 10.1 Å². The molecule has 3 heterocycles. The van der Waals surface area contributed by atoms with E-state index >= 15 is 0 Å². The summed E-state index contributed by atoms with van der Waals surface area (Å²) < 4.78 is 5.14. The quantitative estimate of drug-likeness (QED) is 0.920. The van der Waals surface area contributed by atoms with E-state index in [0.29, 0.717) is 17.9 Å². The Hall–Kier alpha value is -1.55. The maximum atomic E-state index is 12.5. The van der Waals surface area contributed by atoms with Gasteiger partial charge in [-0.2, -0.15) is 0 Å². The number of rotatable bonds is 3. The molecule has 1 aliphatic carbocycles. The van der Waals surface area contributed by atoms with E-state index < -0.39 is 0 Å². The molecule has 4 aliphatic rings. The normalized spacial score (nSPS) is 36.5. The lowest BCUT2D eigenvalue weighted by Gasteiger charge is -2.55. The summed E-state index contributed by atoms with van der Waals surface area (Å²) >= 11 is 0. The molecule has 1 amide bonds. The first-order valence-electron chi connectivity index (χ1n) is 7.90. The van der Waals surface area contributed by atoms with Gasteiger partial charge in [0.15, 0.2) is 0 Å². The predicted octanol–water partition coefficient (Wildman–Crippen LogP) is 1.77. The molecule has 5 rings (SSSR count). The Kier molecular flexibility index (Phi) is 3.14. The molecule has 4 fully saturated rings. The van der Waals surface area contributed by atoms with Crippen molar-refractivity contribution in [2.45, 2.75) is 18.9 Å². The smallest absolute Gasteiger partial charge is 0.251 e. The van der Waals surface area contributed by atoms with Crippen molar-refractivity contribution >= 4 is 5.91 Å². The first-order chi connectivity index (χ1) is 10.2. The summed E-state index contributed by atoms with van der Waals surface area (Å²) in [6.07, 6.45) is 2.58. The average molecular weight is 286 g/mol. The minimum atomic E-state index is 0.0603. The Labute approximate surface area is 125 Å². The largest absolute Gasteiger partial charge is 0.497 e. The number of ether oxygens (including phenoxy) is 1. The van der Waals surface area contributed by atoms with E-state index in [9.17, 15) is 4.79 Å². The highest BCUT2D eigenvalue weighted by Gasteiger charge is 2.47. The summed E-state index contributed by atoms with van der Waals surface area (Å²) in [5.74, 6) is 3.02. The summed E-state index contributed by atoms with van der Waals surface area (Å²) in [6.45, 7) is 3.62. The van der Waals surface area contributed by atoms with E-state index in [1.54, 1.807) is 7.11 Å². The van der Waals surface area contributed by atoms with Gasteiger partial charge in [0, 0.05) is 31.2 Å². The zero-order valence-electron chi connectivity index (χ0n) is 12.4. The van der Waals surface area contributed by atoms with E-state index in [1.165, 1.54) is 32.5 Å². The SMILES string of the molecule is COc1ccc(C(=O)NC2C3CC4CC2CN(C4)C3)cc1. The van der Waals surface area contributed by atoms with Gasteiger partial charge in [-0.15, -0.1) is 0 Å². The molecule has 4 nitrogen and oxygen atoms in total. The fraction of sp³-hybridized carbons (Fsp3) is 0.588. The van der Waals surface area contributed by atoms with E-state index in [1.807, 2.05) is 24.3 Å². The summed E-state index contributed by atoms with van der Waals surface area (Å²) in [4.78, 5) is 15.1. The summed E-state index contributed by atoms with van der Waals surface area (Å²) in [7, 11) is 1.64. The van der Waals surface area contributed by atoms with Gasteiger partial charge < -0.3 is 15.0 Å². The number of carbonyl (C=O) groups excluding carboxylic acids is 1. The van der Waals surface area contributed by atoms with Gasteiger partial charge in [0.2, 0.25) is 0 Å². The van der Waals surface area contributed by atoms with Crippen LogP contribution in [0.25, 0.3) is 0 Å². The number of nitrogens with zero attached hydrogens (tertiary/aromatic N) is 1. The van der Waals surface area contributed by atoms with Crippen molar-refractivity contribution in [3.05, 3.63) is 29.8 Å². The number of hydrogen-bond donors (Lipinski definition) is 1. The summed E-state index contributed by atoms with van der Waals surface area (Å²) in [5.41, 5.74) is 0.727. The fourth-order valence-electron chi connectivity index (χ4n) is 4.62. The van der Waals surface area contributed by atoms with Gasteiger partial charge in [-0.25, -0.2) is 0 Å². The molecular formula is C17H22N2O2. The molecule has 0 radical (unpaired) electrons. The van der Waals surface area contributed by atoms with Crippen LogP contribution in [0.3, 0.4) is 0 Å². The van der Waals surface area contributed by atoms with Crippen molar-refractivity contribution in [3.8, 4) is 5.75 Å². The highest BCUT2D eigenvalue weighted by atomic mass is 16.5. The summed E-state index contributed by atoms with van der Waals surface area (Å²) in [6, 6.07) is 7.74. The van der Waals surface area contributed by atoms with Gasteiger partial charge in [-0.3, -0.25) is 4.79 Å². The molecule has 0 aromatic heterocycles. The van der Waals surface area contributed by atoms with Gasteiger partial charge in [-0.05, 0) is 54.9 Å². The highest BCUT2D eigenvalue weighted by Crippen LogP contribution is 2.43. The first kappa shape index (κ1) is 13.1. The predicted molar refractivity (Wildman–Crippen MR) is 80.4 cm³/mol. The minimum Gasteiger partial charge on any atom is -0.497 e. The number of piperidine rings is 3. The zero-order chi connectivity index (χ0) is 14.4. The Morgan fingerprint density at radius 1 is 1.14 bits per heavy atom. The third-order valence-electron chi connectivity index (χ3n) is 5.44. The second-order valence-electron chi connectivity index (χ2n) is 6.80. The van der Waals surface area contributed by atoms with Crippen LogP contribution in [0.5, 0.6) is 5.75 Å². The molecule has 1 N–H and O–H groups in total. The Bertz CT molecular complexity index is 512. The van der Waals surface area contributed by atoms with E-state index in [-0.39, 0.29) is 5.91 Å². The standard InChI is InChI=1S/C17H22N2O2/c1-21-15-4-2-12(3-5-15)17(20)18-16-13-6-11-7-14(16)10-19(8-11)9-13/h2-5,11,13-14,16H,6-10H2,1H3,(H,18,20). The average Bonchev–Trinajstić information content (AvgIpc) is 2.50. The van der Waals surface area contributed by atoms with Gasteiger partial charge in [0.25, 0.3) is 5.91 Å². The molecule has 2 unspecified atom stereocenters. The van der Waals surface area contributed by atoms with Gasteiger partial charge in [0.05, 0.1) is 7.11 Å². The number of benzene rings is 1. The Morgan fingerprint density at radius 3 is 2.38 bits per heavy atom.